The predicted molar refractivity (Wildman–Crippen MR) is 79.2 cm³/mol. The highest BCUT2D eigenvalue weighted by molar-refractivity contribution is 5.99. The molecule has 1 aromatic heterocycles. The van der Waals surface area contributed by atoms with E-state index in [1.165, 1.54) is 7.11 Å². The molecule has 1 amide bonds. The van der Waals surface area contributed by atoms with Gasteiger partial charge in [0, 0.05) is 23.6 Å². The van der Waals surface area contributed by atoms with Crippen LogP contribution in [0.15, 0.2) is 22.6 Å². The number of furan rings is 1. The van der Waals surface area contributed by atoms with E-state index in [0.717, 1.165) is 10.3 Å². The summed E-state index contributed by atoms with van der Waals surface area (Å²) in [6.07, 6.45) is -6.48. The molecule has 1 unspecified atom stereocenters. The van der Waals surface area contributed by atoms with E-state index in [-0.39, 0.29) is 18.9 Å². The molecular formula is C16H16F3NO4. The van der Waals surface area contributed by atoms with Crippen molar-refractivity contribution in [3.63, 3.8) is 0 Å². The monoisotopic (exact) mass is 343 g/mol. The minimum atomic E-state index is -4.50. The predicted octanol–water partition coefficient (Wildman–Crippen LogP) is 3.15. The summed E-state index contributed by atoms with van der Waals surface area (Å²) in [7, 11) is 1.51. The van der Waals surface area contributed by atoms with Crippen LogP contribution in [0.1, 0.15) is 16.1 Å². The average molecular weight is 343 g/mol. The van der Waals surface area contributed by atoms with Crippen molar-refractivity contribution >= 4 is 16.9 Å². The fraction of sp³-hybridized carbons (Fsp3) is 0.438. The first-order valence-corrected chi connectivity index (χ1v) is 7.36. The van der Waals surface area contributed by atoms with Crippen LogP contribution in [0.25, 0.3) is 11.0 Å². The van der Waals surface area contributed by atoms with E-state index < -0.39 is 24.7 Å². The summed E-state index contributed by atoms with van der Waals surface area (Å²) in [6.45, 7) is 1.09. The molecule has 0 radical (unpaired) electrons. The molecule has 2 heterocycles. The molecule has 0 saturated carbocycles. The molecule has 0 spiro atoms. The van der Waals surface area contributed by atoms with Crippen molar-refractivity contribution in [1.82, 2.24) is 4.90 Å². The van der Waals surface area contributed by atoms with Crippen molar-refractivity contribution in [3.8, 4) is 5.75 Å². The smallest absolute Gasteiger partial charge is 0.416 e. The molecule has 1 atom stereocenters. The van der Waals surface area contributed by atoms with Gasteiger partial charge >= 0.3 is 6.18 Å². The number of morpholine rings is 1. The molecule has 24 heavy (non-hydrogen) atoms. The number of rotatable bonds is 2. The van der Waals surface area contributed by atoms with Crippen molar-refractivity contribution in [2.45, 2.75) is 19.2 Å². The van der Waals surface area contributed by atoms with E-state index in [0.29, 0.717) is 16.9 Å². The third-order valence-electron chi connectivity index (χ3n) is 4.06. The minimum Gasteiger partial charge on any atom is -0.497 e. The zero-order chi connectivity index (χ0) is 17.5. The topological polar surface area (TPSA) is 51.9 Å². The Morgan fingerprint density at radius 1 is 1.38 bits per heavy atom. The Bertz CT molecular complexity index is 769. The average Bonchev–Trinajstić information content (AvgIpc) is 2.89. The molecule has 5 nitrogen and oxygen atoms in total. The number of benzene rings is 1. The van der Waals surface area contributed by atoms with Crippen LogP contribution in [0, 0.1) is 6.92 Å². The van der Waals surface area contributed by atoms with Crippen LogP contribution in [0.4, 0.5) is 13.2 Å². The first-order chi connectivity index (χ1) is 11.3. The Morgan fingerprint density at radius 3 is 2.79 bits per heavy atom. The van der Waals surface area contributed by atoms with Crippen LogP contribution in [-0.4, -0.2) is 49.9 Å². The number of hydrogen-bond acceptors (Lipinski definition) is 4. The number of ether oxygens (including phenoxy) is 2. The second-order valence-electron chi connectivity index (χ2n) is 5.57. The molecular weight excluding hydrogens is 327 g/mol. The number of methoxy groups -OCH3 is 1. The van der Waals surface area contributed by atoms with Crippen molar-refractivity contribution in [3.05, 3.63) is 29.5 Å². The fourth-order valence-corrected chi connectivity index (χ4v) is 2.71. The number of carbonyl (C=O) groups excluding carboxylic acids is 1. The molecule has 130 valence electrons. The summed E-state index contributed by atoms with van der Waals surface area (Å²) in [5.74, 6) is 0.0417. The molecule has 0 N–H and O–H groups in total. The van der Waals surface area contributed by atoms with E-state index in [4.69, 9.17) is 13.9 Å². The van der Waals surface area contributed by atoms with Crippen LogP contribution in [0.2, 0.25) is 0 Å². The van der Waals surface area contributed by atoms with Gasteiger partial charge in [-0.3, -0.25) is 4.79 Å². The lowest BCUT2D eigenvalue weighted by molar-refractivity contribution is -0.233. The maximum Gasteiger partial charge on any atom is 0.416 e. The Labute approximate surface area is 135 Å². The quantitative estimate of drug-likeness (QED) is 0.841. The highest BCUT2D eigenvalue weighted by Crippen LogP contribution is 2.31. The van der Waals surface area contributed by atoms with E-state index in [2.05, 4.69) is 0 Å². The molecule has 0 bridgehead atoms. The number of fused-ring (bicyclic) bond motifs is 1. The van der Waals surface area contributed by atoms with Gasteiger partial charge in [-0.05, 0) is 19.1 Å². The van der Waals surface area contributed by atoms with Crippen LogP contribution in [-0.2, 0) is 4.74 Å². The van der Waals surface area contributed by atoms with Gasteiger partial charge in [0.05, 0.1) is 20.3 Å². The summed E-state index contributed by atoms with van der Waals surface area (Å²) in [5, 5.41) is 0.722. The lowest BCUT2D eigenvalue weighted by Gasteiger charge is -2.33. The highest BCUT2D eigenvalue weighted by atomic mass is 19.4. The second-order valence-corrected chi connectivity index (χ2v) is 5.57. The minimum absolute atomic E-state index is 0.0427. The van der Waals surface area contributed by atoms with Crippen molar-refractivity contribution < 1.29 is 31.9 Å². The molecule has 1 saturated heterocycles. The van der Waals surface area contributed by atoms with Crippen molar-refractivity contribution in [2.75, 3.05) is 26.8 Å². The van der Waals surface area contributed by atoms with Gasteiger partial charge in [-0.25, -0.2) is 0 Å². The number of hydrogen-bond donors (Lipinski definition) is 0. The first kappa shape index (κ1) is 16.6. The van der Waals surface area contributed by atoms with Gasteiger partial charge in [0.2, 0.25) is 0 Å². The van der Waals surface area contributed by atoms with Gasteiger partial charge in [0.25, 0.3) is 5.91 Å². The van der Waals surface area contributed by atoms with Gasteiger partial charge < -0.3 is 18.8 Å². The Morgan fingerprint density at radius 2 is 2.12 bits per heavy atom. The van der Waals surface area contributed by atoms with Crippen LogP contribution in [0.3, 0.4) is 0 Å². The third-order valence-corrected chi connectivity index (χ3v) is 4.06. The number of alkyl halides is 3. The lowest BCUT2D eigenvalue weighted by Crippen LogP contribution is -2.51. The molecule has 1 aliphatic heterocycles. The third kappa shape index (κ3) is 2.93. The molecule has 1 aliphatic rings. The molecule has 8 heteroatoms. The van der Waals surface area contributed by atoms with Crippen LogP contribution in [0.5, 0.6) is 5.75 Å². The molecule has 1 aromatic carbocycles. The number of aryl methyl sites for hydroxylation is 1. The van der Waals surface area contributed by atoms with Gasteiger partial charge in [0.15, 0.2) is 11.9 Å². The highest BCUT2D eigenvalue weighted by Gasteiger charge is 2.44. The number of halogens is 3. The zero-order valence-electron chi connectivity index (χ0n) is 13.1. The van der Waals surface area contributed by atoms with Gasteiger partial charge in [0.1, 0.15) is 11.3 Å². The van der Waals surface area contributed by atoms with E-state index in [1.807, 2.05) is 0 Å². The SMILES string of the molecule is COc1ccc2c(C)c(C(=O)N3CCOC(C(F)(F)F)C3)oc2c1. The van der Waals surface area contributed by atoms with Gasteiger partial charge in [-0.15, -0.1) is 0 Å². The molecule has 3 rings (SSSR count). The standard InChI is InChI=1S/C16H16F3NO4/c1-9-11-4-3-10(22-2)7-12(11)24-14(9)15(21)20-5-6-23-13(8-20)16(17,18)19/h3-4,7,13H,5-6,8H2,1-2H3. The summed E-state index contributed by atoms with van der Waals surface area (Å²) in [6, 6.07) is 5.12. The number of amides is 1. The normalized spacial score (nSPS) is 18.9. The summed E-state index contributed by atoms with van der Waals surface area (Å²) < 4.78 is 53.8. The number of nitrogens with zero attached hydrogens (tertiary/aromatic N) is 1. The van der Waals surface area contributed by atoms with E-state index in [1.54, 1.807) is 25.1 Å². The fourth-order valence-electron chi connectivity index (χ4n) is 2.71. The molecule has 2 aromatic rings. The zero-order valence-corrected chi connectivity index (χ0v) is 13.1. The molecule has 1 fully saturated rings. The van der Waals surface area contributed by atoms with Crippen LogP contribution < -0.4 is 4.74 Å². The maximum atomic E-state index is 12.8. The van der Waals surface area contributed by atoms with Crippen molar-refractivity contribution in [1.29, 1.82) is 0 Å². The Kier molecular flexibility index (Phi) is 4.16. The van der Waals surface area contributed by atoms with E-state index in [9.17, 15) is 18.0 Å². The molecule has 0 aliphatic carbocycles. The first-order valence-electron chi connectivity index (χ1n) is 7.36. The Hall–Kier alpha value is -2.22. The maximum absolute atomic E-state index is 12.8. The second kappa shape index (κ2) is 6.01. The summed E-state index contributed by atoms with van der Waals surface area (Å²) >= 11 is 0. The van der Waals surface area contributed by atoms with Gasteiger partial charge in [-0.1, -0.05) is 0 Å². The largest absolute Gasteiger partial charge is 0.497 e. The van der Waals surface area contributed by atoms with E-state index >= 15 is 0 Å². The van der Waals surface area contributed by atoms with Crippen molar-refractivity contribution in [2.24, 2.45) is 0 Å². The summed E-state index contributed by atoms with van der Waals surface area (Å²) in [4.78, 5) is 13.7. The number of carbonyl (C=O) groups is 1. The lowest BCUT2D eigenvalue weighted by atomic mass is 10.1. The van der Waals surface area contributed by atoms with Crippen LogP contribution >= 0.6 is 0 Å². The Balaban J connectivity index is 1.89. The van der Waals surface area contributed by atoms with Gasteiger partial charge in [-0.2, -0.15) is 13.2 Å². The summed E-state index contributed by atoms with van der Waals surface area (Å²) in [5.41, 5.74) is 1.04.